The van der Waals surface area contributed by atoms with Crippen LogP contribution < -0.4 is 10.9 Å². The Morgan fingerprint density at radius 3 is 2.30 bits per heavy atom. The number of benzene rings is 2. The molecule has 0 spiro atoms. The van der Waals surface area contributed by atoms with Gasteiger partial charge in [0.2, 0.25) is 0 Å². The molecule has 2 aromatic carbocycles. The molecule has 1 heterocycles. The van der Waals surface area contributed by atoms with Crippen molar-refractivity contribution in [3.8, 4) is 11.8 Å². The first kappa shape index (κ1) is 20.9. The third-order valence-electron chi connectivity index (χ3n) is 4.54. The van der Waals surface area contributed by atoms with Gasteiger partial charge < -0.3 is 5.32 Å². The number of hydrogen-bond acceptors (Lipinski definition) is 3. The van der Waals surface area contributed by atoms with E-state index in [0.717, 1.165) is 5.56 Å². The molecule has 30 heavy (non-hydrogen) atoms. The summed E-state index contributed by atoms with van der Waals surface area (Å²) in [5, 5.41) is 12.2. The van der Waals surface area contributed by atoms with Crippen LogP contribution in [0.3, 0.4) is 0 Å². The van der Waals surface area contributed by atoms with Crippen LogP contribution in [0, 0.1) is 18.3 Å². The summed E-state index contributed by atoms with van der Waals surface area (Å²) in [7, 11) is 1.72. The van der Waals surface area contributed by atoms with E-state index in [9.17, 15) is 14.9 Å². The van der Waals surface area contributed by atoms with E-state index in [1.165, 1.54) is 10.8 Å². The number of anilines is 1. The van der Waals surface area contributed by atoms with Crippen molar-refractivity contribution in [1.29, 1.82) is 5.26 Å². The standard InChI is InChI=1S/C23H19ClN4O2/c1-16-21(23(30)28(27(16)2)20-11-7-4-8-12-20)26-22(29)18(15-25)14-19(24)13-17-9-5-3-6-10-17/h3-14H,1-2H3,(H,26,29)/b18-14+,19-13-. The van der Waals surface area contributed by atoms with Gasteiger partial charge >= 0.3 is 0 Å². The highest BCUT2D eigenvalue weighted by atomic mass is 35.5. The Bertz CT molecular complexity index is 1230. The number of carbonyl (C=O) groups is 1. The highest BCUT2D eigenvalue weighted by Gasteiger charge is 2.19. The second-order valence-electron chi connectivity index (χ2n) is 6.50. The van der Waals surface area contributed by atoms with Gasteiger partial charge in [-0.25, -0.2) is 4.68 Å². The van der Waals surface area contributed by atoms with E-state index in [2.05, 4.69) is 5.32 Å². The Morgan fingerprint density at radius 2 is 1.70 bits per heavy atom. The summed E-state index contributed by atoms with van der Waals surface area (Å²) in [6.45, 7) is 1.72. The number of carbonyl (C=O) groups excluding carboxylic acids is 1. The fraction of sp³-hybridized carbons (Fsp3) is 0.0870. The number of para-hydroxylation sites is 1. The predicted molar refractivity (Wildman–Crippen MR) is 118 cm³/mol. The molecule has 150 valence electrons. The molecule has 0 aliphatic heterocycles. The van der Waals surface area contributed by atoms with Crippen molar-refractivity contribution in [2.75, 3.05) is 5.32 Å². The van der Waals surface area contributed by atoms with Crippen molar-refractivity contribution in [3.05, 3.63) is 99.0 Å². The topological polar surface area (TPSA) is 79.8 Å². The summed E-state index contributed by atoms with van der Waals surface area (Å²) in [6.07, 6.45) is 2.92. The SMILES string of the molecule is Cc1c(NC(=O)/C(C#N)=C/C(Cl)=C/c2ccccc2)c(=O)n(-c2ccccc2)n1C. The molecule has 3 rings (SSSR count). The predicted octanol–water partition coefficient (Wildman–Crippen LogP) is 4.15. The smallest absolute Gasteiger partial charge is 0.295 e. The average molecular weight is 419 g/mol. The molecule has 1 amide bonds. The summed E-state index contributed by atoms with van der Waals surface area (Å²) in [5.74, 6) is -0.705. The number of hydrogen-bond donors (Lipinski definition) is 1. The fourth-order valence-corrected chi connectivity index (χ4v) is 3.16. The van der Waals surface area contributed by atoms with E-state index < -0.39 is 11.5 Å². The minimum atomic E-state index is -0.705. The van der Waals surface area contributed by atoms with Gasteiger partial charge in [-0.3, -0.25) is 14.3 Å². The van der Waals surface area contributed by atoms with Crippen LogP contribution in [0.5, 0.6) is 0 Å². The number of halogens is 1. The maximum atomic E-state index is 12.9. The third kappa shape index (κ3) is 4.43. The van der Waals surface area contributed by atoms with Crippen LogP contribution in [0.25, 0.3) is 11.8 Å². The van der Waals surface area contributed by atoms with Gasteiger partial charge in [0, 0.05) is 12.1 Å². The Morgan fingerprint density at radius 1 is 1.10 bits per heavy atom. The highest BCUT2D eigenvalue weighted by molar-refractivity contribution is 6.33. The molecule has 3 aromatic rings. The zero-order chi connectivity index (χ0) is 21.7. The summed E-state index contributed by atoms with van der Waals surface area (Å²) in [4.78, 5) is 25.6. The Balaban J connectivity index is 1.91. The van der Waals surface area contributed by atoms with Gasteiger partial charge in [0.15, 0.2) is 0 Å². The zero-order valence-electron chi connectivity index (χ0n) is 16.5. The first-order chi connectivity index (χ1) is 14.4. The summed E-state index contributed by atoms with van der Waals surface area (Å²) in [5.41, 5.74) is 1.56. The molecule has 0 unspecified atom stereocenters. The van der Waals surface area contributed by atoms with E-state index in [1.807, 2.05) is 54.6 Å². The molecule has 1 N–H and O–H groups in total. The molecule has 7 heteroatoms. The van der Waals surface area contributed by atoms with Crippen LogP contribution in [0.2, 0.25) is 0 Å². The van der Waals surface area contributed by atoms with Crippen LogP contribution >= 0.6 is 11.6 Å². The van der Waals surface area contributed by atoms with E-state index >= 15 is 0 Å². The van der Waals surface area contributed by atoms with E-state index in [4.69, 9.17) is 11.6 Å². The first-order valence-corrected chi connectivity index (χ1v) is 9.49. The van der Waals surface area contributed by atoms with Gasteiger partial charge in [-0.2, -0.15) is 5.26 Å². The van der Waals surface area contributed by atoms with Crippen LogP contribution in [0.4, 0.5) is 5.69 Å². The van der Waals surface area contributed by atoms with E-state index in [0.29, 0.717) is 11.4 Å². The van der Waals surface area contributed by atoms with Gasteiger partial charge in [0.25, 0.3) is 11.5 Å². The lowest BCUT2D eigenvalue weighted by Gasteiger charge is -2.07. The van der Waals surface area contributed by atoms with Crippen LogP contribution in [0.1, 0.15) is 11.3 Å². The summed E-state index contributed by atoms with van der Waals surface area (Å²) < 4.78 is 3.09. The van der Waals surface area contributed by atoms with Crippen LogP contribution in [-0.2, 0) is 11.8 Å². The summed E-state index contributed by atoms with van der Waals surface area (Å²) >= 11 is 6.19. The molecule has 0 bridgehead atoms. The number of allylic oxidation sites excluding steroid dienone is 2. The van der Waals surface area contributed by atoms with Gasteiger partial charge in [0.05, 0.1) is 11.4 Å². The number of aromatic nitrogens is 2. The Hall–Kier alpha value is -3.82. The quantitative estimate of drug-likeness (QED) is 0.384. The number of rotatable bonds is 5. The second kappa shape index (κ2) is 9.12. The minimum Gasteiger partial charge on any atom is -0.315 e. The molecule has 0 aliphatic carbocycles. The number of nitrogens with one attached hydrogen (secondary N) is 1. The maximum absolute atomic E-state index is 12.9. The molecule has 0 saturated heterocycles. The summed E-state index contributed by atoms with van der Waals surface area (Å²) in [6, 6.07) is 20.2. The molecular weight excluding hydrogens is 400 g/mol. The maximum Gasteiger partial charge on any atom is 0.295 e. The van der Waals surface area contributed by atoms with Crippen molar-refractivity contribution < 1.29 is 4.79 Å². The van der Waals surface area contributed by atoms with Gasteiger partial charge in [0.1, 0.15) is 17.3 Å². The molecule has 1 aromatic heterocycles. The zero-order valence-corrected chi connectivity index (χ0v) is 17.2. The Labute approximate surface area is 178 Å². The molecule has 0 saturated carbocycles. The molecule has 0 atom stereocenters. The fourth-order valence-electron chi connectivity index (χ4n) is 2.93. The molecule has 0 aliphatic rings. The van der Waals surface area contributed by atoms with Gasteiger partial charge in [-0.1, -0.05) is 60.1 Å². The van der Waals surface area contributed by atoms with Gasteiger partial charge in [-0.05, 0) is 36.8 Å². The van der Waals surface area contributed by atoms with E-state index in [-0.39, 0.29) is 16.3 Å². The number of amides is 1. The molecule has 6 nitrogen and oxygen atoms in total. The second-order valence-corrected chi connectivity index (χ2v) is 6.94. The van der Waals surface area contributed by atoms with Crippen molar-refractivity contribution in [1.82, 2.24) is 9.36 Å². The number of nitriles is 1. The minimum absolute atomic E-state index is 0.107. The monoisotopic (exact) mass is 418 g/mol. The lowest BCUT2D eigenvalue weighted by atomic mass is 10.2. The molecule has 0 radical (unpaired) electrons. The largest absolute Gasteiger partial charge is 0.315 e. The average Bonchev–Trinajstić information content (AvgIpc) is 2.96. The first-order valence-electron chi connectivity index (χ1n) is 9.11. The van der Waals surface area contributed by atoms with Crippen LogP contribution in [-0.4, -0.2) is 15.3 Å². The normalized spacial score (nSPS) is 11.8. The van der Waals surface area contributed by atoms with Crippen molar-refractivity contribution in [2.24, 2.45) is 7.05 Å². The van der Waals surface area contributed by atoms with Crippen molar-refractivity contribution in [3.63, 3.8) is 0 Å². The lowest BCUT2D eigenvalue weighted by molar-refractivity contribution is -0.112. The molecular formula is C23H19ClN4O2. The lowest BCUT2D eigenvalue weighted by Crippen LogP contribution is -2.23. The molecule has 0 fully saturated rings. The van der Waals surface area contributed by atoms with Gasteiger partial charge in [-0.15, -0.1) is 0 Å². The van der Waals surface area contributed by atoms with E-state index in [1.54, 1.807) is 36.9 Å². The van der Waals surface area contributed by atoms with Crippen LogP contribution in [0.15, 0.2) is 82.1 Å². The number of nitrogens with zero attached hydrogens (tertiary/aromatic N) is 3. The van der Waals surface area contributed by atoms with Crippen molar-refractivity contribution >= 4 is 29.3 Å². The highest BCUT2D eigenvalue weighted by Crippen LogP contribution is 2.17. The third-order valence-corrected chi connectivity index (χ3v) is 4.76. The Kier molecular flexibility index (Phi) is 6.35. The van der Waals surface area contributed by atoms with Crippen molar-refractivity contribution in [2.45, 2.75) is 6.92 Å².